The number of nitrogens with zero attached hydrogens (tertiary/aromatic N) is 2. The number of carbonyl (C=O) groups excluding carboxylic acids is 1. The van der Waals surface area contributed by atoms with Gasteiger partial charge in [0.05, 0.1) is 5.56 Å². The highest BCUT2D eigenvalue weighted by Gasteiger charge is 2.43. The molecule has 1 aliphatic carbocycles. The third-order valence-electron chi connectivity index (χ3n) is 7.02. The molecule has 2 fully saturated rings. The molecule has 1 heterocycles. The Balaban J connectivity index is 1.59. The highest BCUT2D eigenvalue weighted by atomic mass is 19.4. The normalized spacial score (nSPS) is 25.0. The second kappa shape index (κ2) is 10.4. The van der Waals surface area contributed by atoms with E-state index in [4.69, 9.17) is 0 Å². The molecule has 1 amide bonds. The van der Waals surface area contributed by atoms with Gasteiger partial charge in [0.25, 0.3) is 0 Å². The molecule has 184 valence electrons. The summed E-state index contributed by atoms with van der Waals surface area (Å²) in [6.45, 7) is 4.00. The lowest BCUT2D eigenvalue weighted by molar-refractivity contribution is -0.140. The van der Waals surface area contributed by atoms with Gasteiger partial charge < -0.3 is 20.1 Å². The molecular weight excluding hydrogens is 442 g/mol. The van der Waals surface area contributed by atoms with Gasteiger partial charge in [-0.15, -0.1) is 0 Å². The summed E-state index contributed by atoms with van der Waals surface area (Å²) < 4.78 is 52.6. The zero-order valence-electron chi connectivity index (χ0n) is 18.8. The van der Waals surface area contributed by atoms with E-state index in [1.807, 2.05) is 0 Å². The van der Waals surface area contributed by atoms with Crippen molar-refractivity contribution in [3.8, 4) is 0 Å². The lowest BCUT2D eigenvalue weighted by Gasteiger charge is -2.30. The summed E-state index contributed by atoms with van der Waals surface area (Å²) in [4.78, 5) is 25.8. The van der Waals surface area contributed by atoms with Gasteiger partial charge in [0, 0.05) is 51.2 Å². The highest BCUT2D eigenvalue weighted by Crippen LogP contribution is 2.39. The van der Waals surface area contributed by atoms with Crippen LogP contribution in [0.2, 0.25) is 0 Å². The van der Waals surface area contributed by atoms with Crippen LogP contribution < -0.4 is 5.32 Å². The van der Waals surface area contributed by atoms with Crippen molar-refractivity contribution < 1.29 is 32.3 Å². The average Bonchev–Trinajstić information content (AvgIpc) is 3.31. The lowest BCUT2D eigenvalue weighted by atomic mass is 9.97. The number of alkyl halides is 3. The van der Waals surface area contributed by atoms with Crippen LogP contribution in [-0.4, -0.2) is 66.1 Å². The van der Waals surface area contributed by atoms with Crippen LogP contribution in [0.3, 0.4) is 0 Å². The van der Waals surface area contributed by atoms with Crippen LogP contribution in [0, 0.1) is 23.6 Å². The Bertz CT molecular complexity index is 851. The number of hydrogen-bond donors (Lipinski definition) is 2. The Morgan fingerprint density at radius 3 is 2.70 bits per heavy atom. The van der Waals surface area contributed by atoms with E-state index in [1.54, 1.807) is 6.92 Å². The molecule has 1 aromatic rings. The predicted octanol–water partition coefficient (Wildman–Crippen LogP) is 3.85. The molecule has 1 aliphatic heterocycles. The number of likely N-dealkylation sites (tertiary alicyclic amines) is 1. The molecule has 0 aromatic heterocycles. The quantitative estimate of drug-likeness (QED) is 0.421. The molecule has 0 spiro atoms. The first-order valence-corrected chi connectivity index (χ1v) is 11.2. The summed E-state index contributed by atoms with van der Waals surface area (Å²) in [6.07, 6.45) is -2.59. The van der Waals surface area contributed by atoms with Gasteiger partial charge in [0.2, 0.25) is 0 Å². The van der Waals surface area contributed by atoms with E-state index >= 15 is 0 Å². The summed E-state index contributed by atoms with van der Waals surface area (Å²) in [5.74, 6) is -0.797. The van der Waals surface area contributed by atoms with Crippen molar-refractivity contribution in [3.63, 3.8) is 0 Å². The molecule has 2 N–H and O–H groups in total. The number of halogens is 4. The Kier molecular flexibility index (Phi) is 8.00. The zero-order chi connectivity index (χ0) is 24.3. The molecule has 10 heteroatoms. The largest absolute Gasteiger partial charge is 0.465 e. The second-order valence-electron chi connectivity index (χ2n) is 9.42. The van der Waals surface area contributed by atoms with E-state index in [9.17, 15) is 32.3 Å². The molecule has 3 rings (SSSR count). The SMILES string of the molecule is CC(C=O)CC(CN[C@@H]1CC[C@H]2CN(Cc3ccc(F)c(C(F)(F)F)c3)C[C@H]21)N(C)C(=O)O. The van der Waals surface area contributed by atoms with Gasteiger partial charge in [-0.05, 0) is 48.8 Å². The monoisotopic (exact) mass is 473 g/mol. The minimum atomic E-state index is -4.72. The van der Waals surface area contributed by atoms with Crippen molar-refractivity contribution in [2.45, 2.75) is 51.0 Å². The maximum absolute atomic E-state index is 13.6. The van der Waals surface area contributed by atoms with Crippen LogP contribution >= 0.6 is 0 Å². The van der Waals surface area contributed by atoms with Crippen LogP contribution in [0.15, 0.2) is 18.2 Å². The maximum Gasteiger partial charge on any atom is 0.419 e. The van der Waals surface area contributed by atoms with Crippen molar-refractivity contribution in [2.24, 2.45) is 17.8 Å². The standard InChI is InChI=1S/C23H31F4N3O3/c1-14(13-31)7-17(29(2)22(32)33)9-28-21-6-4-16-11-30(12-18(16)21)10-15-3-5-20(24)19(8-15)23(25,26)27/h3,5,8,13-14,16-18,21,28H,4,6-7,9-12H2,1-2H3,(H,32,33)/t14?,16-,17?,18+,21+/m0/s1. The first kappa shape index (κ1) is 25.4. The maximum atomic E-state index is 13.6. The number of carbonyl (C=O) groups is 2. The zero-order valence-corrected chi connectivity index (χ0v) is 18.8. The Hall–Kier alpha value is -2.20. The van der Waals surface area contributed by atoms with E-state index in [1.165, 1.54) is 18.0 Å². The van der Waals surface area contributed by atoms with Crippen molar-refractivity contribution in [1.82, 2.24) is 15.1 Å². The molecule has 6 nitrogen and oxygen atoms in total. The van der Waals surface area contributed by atoms with Gasteiger partial charge in [-0.25, -0.2) is 9.18 Å². The van der Waals surface area contributed by atoms with Gasteiger partial charge >= 0.3 is 12.3 Å². The number of fused-ring (bicyclic) bond motifs is 1. The van der Waals surface area contributed by atoms with Crippen molar-refractivity contribution in [3.05, 3.63) is 35.1 Å². The Morgan fingerprint density at radius 2 is 2.06 bits per heavy atom. The number of nitrogens with one attached hydrogen (secondary N) is 1. The number of hydrogen-bond acceptors (Lipinski definition) is 4. The smallest absolute Gasteiger partial charge is 0.419 e. The van der Waals surface area contributed by atoms with Crippen LogP contribution in [0.1, 0.15) is 37.3 Å². The highest BCUT2D eigenvalue weighted by molar-refractivity contribution is 5.65. The Labute approximate surface area is 190 Å². The first-order chi connectivity index (χ1) is 15.5. The molecule has 1 saturated heterocycles. The first-order valence-electron chi connectivity index (χ1n) is 11.2. The number of benzene rings is 1. The molecule has 2 aliphatic rings. The Morgan fingerprint density at radius 1 is 1.33 bits per heavy atom. The van der Waals surface area contributed by atoms with Crippen LogP contribution in [0.4, 0.5) is 22.4 Å². The van der Waals surface area contributed by atoms with Crippen molar-refractivity contribution >= 4 is 12.4 Å². The van der Waals surface area contributed by atoms with Crippen molar-refractivity contribution in [2.75, 3.05) is 26.7 Å². The molecule has 33 heavy (non-hydrogen) atoms. The summed E-state index contributed by atoms with van der Waals surface area (Å²) in [7, 11) is 1.50. The van der Waals surface area contributed by atoms with E-state index in [-0.39, 0.29) is 18.0 Å². The number of carboxylic acid groups (broad SMARTS) is 1. The fourth-order valence-corrected chi connectivity index (χ4v) is 5.19. The van der Waals surface area contributed by atoms with Gasteiger partial charge in [0.15, 0.2) is 0 Å². The van der Waals surface area contributed by atoms with E-state index in [2.05, 4.69) is 10.2 Å². The topological polar surface area (TPSA) is 72.9 Å². The third-order valence-corrected chi connectivity index (χ3v) is 7.02. The van der Waals surface area contributed by atoms with Gasteiger partial charge in [-0.3, -0.25) is 4.90 Å². The molecule has 2 unspecified atom stereocenters. The third kappa shape index (κ3) is 6.23. The summed E-state index contributed by atoms with van der Waals surface area (Å²) >= 11 is 0. The molecule has 0 radical (unpaired) electrons. The molecule has 1 saturated carbocycles. The van der Waals surface area contributed by atoms with Crippen molar-refractivity contribution in [1.29, 1.82) is 0 Å². The lowest BCUT2D eigenvalue weighted by Crippen LogP contribution is -2.47. The average molecular weight is 474 g/mol. The number of rotatable bonds is 9. The van der Waals surface area contributed by atoms with E-state index in [0.717, 1.165) is 37.8 Å². The van der Waals surface area contributed by atoms with E-state index < -0.39 is 23.7 Å². The minimum Gasteiger partial charge on any atom is -0.465 e. The van der Waals surface area contributed by atoms with Crippen LogP contribution in [-0.2, 0) is 17.5 Å². The van der Waals surface area contributed by atoms with Gasteiger partial charge in [0.1, 0.15) is 12.1 Å². The predicted molar refractivity (Wildman–Crippen MR) is 114 cm³/mol. The fourth-order valence-electron chi connectivity index (χ4n) is 5.19. The van der Waals surface area contributed by atoms with E-state index in [0.29, 0.717) is 43.5 Å². The molecular formula is C23H31F4N3O3. The van der Waals surface area contributed by atoms with Crippen LogP contribution in [0.25, 0.3) is 0 Å². The fraction of sp³-hybridized carbons (Fsp3) is 0.652. The summed E-state index contributed by atoms with van der Waals surface area (Å²) in [5, 5.41) is 12.8. The minimum absolute atomic E-state index is 0.176. The number of likely N-dealkylation sites (N-methyl/N-ethyl adjacent to an activating group) is 1. The number of amides is 1. The molecule has 5 atom stereocenters. The van der Waals surface area contributed by atoms with Crippen LogP contribution in [0.5, 0.6) is 0 Å². The molecule has 0 bridgehead atoms. The second-order valence-corrected chi connectivity index (χ2v) is 9.42. The number of aldehydes is 1. The van der Waals surface area contributed by atoms with Gasteiger partial charge in [-0.2, -0.15) is 13.2 Å². The molecule has 1 aromatic carbocycles. The summed E-state index contributed by atoms with van der Waals surface area (Å²) in [6, 6.07) is 3.00. The summed E-state index contributed by atoms with van der Waals surface area (Å²) in [5.41, 5.74) is -0.809. The van der Waals surface area contributed by atoms with Gasteiger partial charge in [-0.1, -0.05) is 13.0 Å².